The lowest BCUT2D eigenvalue weighted by molar-refractivity contribution is -0.149. The molecule has 0 radical (unpaired) electrons. The van der Waals surface area contributed by atoms with Gasteiger partial charge >= 0.3 is 5.97 Å². The minimum atomic E-state index is -0.0852. The highest BCUT2D eigenvalue weighted by atomic mass is 16.5. The van der Waals surface area contributed by atoms with E-state index in [1.165, 1.54) is 11.1 Å². The predicted molar refractivity (Wildman–Crippen MR) is 66.1 cm³/mol. The lowest BCUT2D eigenvalue weighted by Gasteiger charge is -2.29. The average molecular weight is 224 g/mol. The van der Waals surface area contributed by atoms with E-state index in [9.17, 15) is 4.79 Å². The number of ether oxygens (including phenoxy) is 1. The van der Waals surface area contributed by atoms with Gasteiger partial charge in [0.1, 0.15) is 0 Å². The Hall–Kier alpha value is -0.790. The second-order valence-corrected chi connectivity index (χ2v) is 5.81. The van der Waals surface area contributed by atoms with Crippen LogP contribution in [0.2, 0.25) is 0 Å². The first-order valence-electron chi connectivity index (χ1n) is 6.10. The van der Waals surface area contributed by atoms with Crippen LogP contribution < -0.4 is 0 Å². The van der Waals surface area contributed by atoms with Crippen LogP contribution in [0.15, 0.2) is 11.1 Å². The zero-order valence-corrected chi connectivity index (χ0v) is 11.4. The highest BCUT2D eigenvalue weighted by Gasteiger charge is 2.38. The van der Waals surface area contributed by atoms with Crippen LogP contribution in [0.1, 0.15) is 48.0 Å². The molecule has 0 aliphatic heterocycles. The third kappa shape index (κ3) is 2.47. The normalized spacial score (nSPS) is 24.1. The van der Waals surface area contributed by atoms with Gasteiger partial charge in [0.2, 0.25) is 0 Å². The van der Waals surface area contributed by atoms with Crippen LogP contribution in [0.5, 0.6) is 0 Å². The van der Waals surface area contributed by atoms with E-state index >= 15 is 0 Å². The van der Waals surface area contributed by atoms with E-state index in [2.05, 4.69) is 27.7 Å². The topological polar surface area (TPSA) is 26.3 Å². The van der Waals surface area contributed by atoms with Crippen LogP contribution >= 0.6 is 0 Å². The number of hydrogen-bond acceptors (Lipinski definition) is 2. The Morgan fingerprint density at radius 1 is 1.44 bits per heavy atom. The smallest absolute Gasteiger partial charge is 0.308 e. The minimum Gasteiger partial charge on any atom is -0.465 e. The molecule has 1 unspecified atom stereocenters. The van der Waals surface area contributed by atoms with E-state index in [1.54, 1.807) is 0 Å². The van der Waals surface area contributed by atoms with Crippen LogP contribution in [-0.4, -0.2) is 12.6 Å². The van der Waals surface area contributed by atoms with Gasteiger partial charge in [-0.2, -0.15) is 0 Å². The number of carbonyl (C=O) groups excluding carboxylic acids is 1. The lowest BCUT2D eigenvalue weighted by atomic mass is 9.78. The number of esters is 1. The summed E-state index contributed by atoms with van der Waals surface area (Å²) in [5, 5.41) is 0. The van der Waals surface area contributed by atoms with Crippen molar-refractivity contribution in [1.82, 2.24) is 0 Å². The van der Waals surface area contributed by atoms with E-state index in [-0.39, 0.29) is 17.3 Å². The van der Waals surface area contributed by atoms with E-state index in [4.69, 9.17) is 4.74 Å². The molecule has 1 atom stereocenters. The van der Waals surface area contributed by atoms with E-state index in [0.717, 1.165) is 6.42 Å². The maximum absolute atomic E-state index is 11.4. The van der Waals surface area contributed by atoms with Crippen molar-refractivity contribution in [1.29, 1.82) is 0 Å². The molecule has 0 N–H and O–H groups in total. The van der Waals surface area contributed by atoms with Gasteiger partial charge in [-0.3, -0.25) is 4.79 Å². The second-order valence-electron chi connectivity index (χ2n) is 5.81. The van der Waals surface area contributed by atoms with Gasteiger partial charge in [0.15, 0.2) is 0 Å². The van der Waals surface area contributed by atoms with Crippen LogP contribution in [-0.2, 0) is 9.53 Å². The van der Waals surface area contributed by atoms with Gasteiger partial charge in [-0.25, -0.2) is 0 Å². The fourth-order valence-electron chi connectivity index (χ4n) is 2.25. The molecule has 0 aromatic heterocycles. The molecule has 2 nitrogen and oxygen atoms in total. The Balaban J connectivity index is 2.57. The molecular weight excluding hydrogens is 200 g/mol. The molecule has 1 rings (SSSR count). The minimum absolute atomic E-state index is 0.0281. The predicted octanol–water partition coefficient (Wildman–Crippen LogP) is 3.57. The van der Waals surface area contributed by atoms with Crippen LogP contribution in [0.4, 0.5) is 0 Å². The first-order valence-corrected chi connectivity index (χ1v) is 6.10. The molecule has 0 spiro atoms. The van der Waals surface area contributed by atoms with Crippen LogP contribution in [0.3, 0.4) is 0 Å². The van der Waals surface area contributed by atoms with Crippen molar-refractivity contribution in [2.75, 3.05) is 6.61 Å². The first kappa shape index (κ1) is 13.3. The number of hydrogen-bond donors (Lipinski definition) is 0. The Morgan fingerprint density at radius 3 is 2.38 bits per heavy atom. The third-order valence-corrected chi connectivity index (χ3v) is 4.08. The molecule has 0 fully saturated rings. The van der Waals surface area contributed by atoms with Gasteiger partial charge in [-0.15, -0.1) is 0 Å². The van der Waals surface area contributed by atoms with Gasteiger partial charge in [-0.05, 0) is 25.7 Å². The first-order chi connectivity index (χ1) is 7.26. The van der Waals surface area contributed by atoms with E-state index in [1.807, 2.05) is 13.8 Å². The van der Waals surface area contributed by atoms with Crippen LogP contribution in [0, 0.1) is 17.3 Å². The summed E-state index contributed by atoms with van der Waals surface area (Å²) in [5.41, 5.74) is 3.08. The van der Waals surface area contributed by atoms with E-state index < -0.39 is 0 Å². The lowest BCUT2D eigenvalue weighted by Crippen LogP contribution is -2.27. The van der Waals surface area contributed by atoms with Crippen molar-refractivity contribution >= 4 is 5.97 Å². The molecule has 92 valence electrons. The fraction of sp³-hybridized carbons (Fsp3) is 0.786. The summed E-state index contributed by atoms with van der Waals surface area (Å²) in [6.45, 7) is 13.2. The molecule has 2 heteroatoms. The summed E-state index contributed by atoms with van der Waals surface area (Å²) < 4.78 is 5.35. The number of allylic oxidation sites excluding steroid dienone is 2. The summed E-state index contributed by atoms with van der Waals surface area (Å²) in [5.74, 6) is 0.327. The van der Waals surface area contributed by atoms with Crippen molar-refractivity contribution in [2.45, 2.75) is 48.0 Å². The Morgan fingerprint density at radius 2 is 2.00 bits per heavy atom. The van der Waals surface area contributed by atoms with Crippen molar-refractivity contribution in [3.05, 3.63) is 11.1 Å². The molecule has 1 aliphatic carbocycles. The zero-order chi connectivity index (χ0) is 12.5. The second kappa shape index (κ2) is 4.60. The van der Waals surface area contributed by atoms with Gasteiger partial charge in [0.05, 0.1) is 12.5 Å². The Labute approximate surface area is 99.1 Å². The number of rotatable bonds is 3. The van der Waals surface area contributed by atoms with Crippen molar-refractivity contribution in [3.63, 3.8) is 0 Å². The summed E-state index contributed by atoms with van der Waals surface area (Å²) >= 11 is 0. The van der Waals surface area contributed by atoms with Gasteiger partial charge in [0.25, 0.3) is 0 Å². The molecular formula is C14H24O2. The third-order valence-electron chi connectivity index (χ3n) is 4.08. The molecule has 0 saturated heterocycles. The van der Waals surface area contributed by atoms with Crippen molar-refractivity contribution in [2.24, 2.45) is 17.3 Å². The molecule has 1 aliphatic rings. The Kier molecular flexibility index (Phi) is 3.82. The summed E-state index contributed by atoms with van der Waals surface area (Å²) in [4.78, 5) is 11.4. The molecule has 16 heavy (non-hydrogen) atoms. The largest absolute Gasteiger partial charge is 0.465 e. The standard InChI is InChI=1S/C14H24O2/c1-9(2)13(15)16-8-12-7-10(3)11(4)14(12,5)6/h9,12H,7-8H2,1-6H3. The molecule has 0 amide bonds. The molecule has 0 bridgehead atoms. The van der Waals surface area contributed by atoms with Crippen molar-refractivity contribution in [3.8, 4) is 0 Å². The quantitative estimate of drug-likeness (QED) is 0.541. The maximum Gasteiger partial charge on any atom is 0.308 e. The molecule has 0 saturated carbocycles. The van der Waals surface area contributed by atoms with Crippen molar-refractivity contribution < 1.29 is 9.53 Å². The average Bonchev–Trinajstić information content (AvgIpc) is 2.38. The van der Waals surface area contributed by atoms with E-state index in [0.29, 0.717) is 12.5 Å². The zero-order valence-electron chi connectivity index (χ0n) is 11.4. The molecule has 0 aromatic rings. The van der Waals surface area contributed by atoms with Crippen LogP contribution in [0.25, 0.3) is 0 Å². The molecule has 0 aromatic carbocycles. The van der Waals surface area contributed by atoms with Gasteiger partial charge in [0, 0.05) is 5.92 Å². The Bertz CT molecular complexity index is 311. The highest BCUT2D eigenvalue weighted by Crippen LogP contribution is 2.46. The van der Waals surface area contributed by atoms with Gasteiger partial charge in [-0.1, -0.05) is 38.8 Å². The summed E-state index contributed by atoms with van der Waals surface area (Å²) in [6, 6.07) is 0. The molecule has 0 heterocycles. The fourth-order valence-corrected chi connectivity index (χ4v) is 2.25. The maximum atomic E-state index is 11.4. The monoisotopic (exact) mass is 224 g/mol. The summed E-state index contributed by atoms with van der Waals surface area (Å²) in [6.07, 6.45) is 1.06. The highest BCUT2D eigenvalue weighted by molar-refractivity contribution is 5.71. The summed E-state index contributed by atoms with van der Waals surface area (Å²) in [7, 11) is 0. The van der Waals surface area contributed by atoms with Gasteiger partial charge < -0.3 is 4.74 Å². The SMILES string of the molecule is CC1=C(C)C(C)(C)C(COC(=O)C(C)C)C1. The number of carbonyl (C=O) groups is 1.